The second-order valence-corrected chi connectivity index (χ2v) is 4.30. The molecule has 0 spiro atoms. The van der Waals surface area contributed by atoms with Crippen molar-refractivity contribution in [2.24, 2.45) is 5.92 Å². The van der Waals surface area contributed by atoms with Crippen LogP contribution in [0.4, 0.5) is 0 Å². The van der Waals surface area contributed by atoms with Crippen LogP contribution in [0, 0.1) is 11.3 Å². The first-order chi connectivity index (χ1) is 6.81. The van der Waals surface area contributed by atoms with Crippen LogP contribution >= 0.6 is 0 Å². The summed E-state index contributed by atoms with van der Waals surface area (Å²) in [6.07, 6.45) is 1.16. The van der Waals surface area contributed by atoms with Crippen LogP contribution in [-0.4, -0.2) is 37.0 Å². The Balaban J connectivity index is 0. The van der Waals surface area contributed by atoms with Gasteiger partial charge in [-0.05, 0) is 34.0 Å². The van der Waals surface area contributed by atoms with Gasteiger partial charge in [0.25, 0.3) is 0 Å². The van der Waals surface area contributed by atoms with Crippen LogP contribution in [-0.2, 0) is 4.79 Å². The molecule has 0 aliphatic heterocycles. The molecule has 3 heteroatoms. The molecular weight excluding hydrogens is 188 g/mol. The zero-order chi connectivity index (χ0) is 12.4. The SMILES string of the molecule is CC(=N)CCC(=O)C(C)C.CCN(C)C. The van der Waals surface area contributed by atoms with E-state index in [2.05, 4.69) is 25.9 Å². The molecule has 0 aliphatic carbocycles. The number of ketones is 1. The van der Waals surface area contributed by atoms with E-state index in [0.717, 1.165) is 6.54 Å². The first kappa shape index (κ1) is 16.7. The molecule has 0 atom stereocenters. The third-order valence-corrected chi connectivity index (χ3v) is 2.02. The molecule has 0 radical (unpaired) electrons. The van der Waals surface area contributed by atoms with Crippen molar-refractivity contribution in [3.05, 3.63) is 0 Å². The number of carbonyl (C=O) groups is 1. The quantitative estimate of drug-likeness (QED) is 0.715. The maximum Gasteiger partial charge on any atom is 0.135 e. The van der Waals surface area contributed by atoms with Crippen molar-refractivity contribution in [2.45, 2.75) is 40.5 Å². The van der Waals surface area contributed by atoms with Gasteiger partial charge in [-0.1, -0.05) is 20.8 Å². The minimum atomic E-state index is 0.124. The molecule has 0 unspecified atom stereocenters. The third-order valence-electron chi connectivity index (χ3n) is 2.02. The van der Waals surface area contributed by atoms with Crippen LogP contribution in [0.25, 0.3) is 0 Å². The van der Waals surface area contributed by atoms with Crippen LogP contribution in [0.3, 0.4) is 0 Å². The van der Waals surface area contributed by atoms with Crippen molar-refractivity contribution in [2.75, 3.05) is 20.6 Å². The number of carbonyl (C=O) groups excluding carboxylic acids is 1. The van der Waals surface area contributed by atoms with Gasteiger partial charge in [-0.2, -0.15) is 0 Å². The van der Waals surface area contributed by atoms with Gasteiger partial charge in [0, 0.05) is 18.1 Å². The summed E-state index contributed by atoms with van der Waals surface area (Å²) >= 11 is 0. The zero-order valence-corrected chi connectivity index (χ0v) is 11.1. The predicted octanol–water partition coefficient (Wildman–Crippen LogP) is 2.60. The van der Waals surface area contributed by atoms with Gasteiger partial charge < -0.3 is 10.3 Å². The van der Waals surface area contributed by atoms with Crippen LogP contribution in [0.1, 0.15) is 40.5 Å². The van der Waals surface area contributed by atoms with E-state index >= 15 is 0 Å². The molecule has 0 fully saturated rings. The van der Waals surface area contributed by atoms with E-state index in [0.29, 0.717) is 18.6 Å². The fraction of sp³-hybridized carbons (Fsp3) is 0.833. The highest BCUT2D eigenvalue weighted by Gasteiger charge is 2.05. The Kier molecular flexibility index (Phi) is 11.0. The smallest absolute Gasteiger partial charge is 0.135 e. The molecule has 0 aromatic heterocycles. The Morgan fingerprint density at radius 2 is 1.67 bits per heavy atom. The molecule has 0 saturated carbocycles. The van der Waals surface area contributed by atoms with E-state index in [-0.39, 0.29) is 11.7 Å². The number of hydrogen-bond acceptors (Lipinski definition) is 3. The lowest BCUT2D eigenvalue weighted by atomic mass is 10.0. The average Bonchev–Trinajstić information content (AvgIpc) is 2.14. The van der Waals surface area contributed by atoms with Gasteiger partial charge in [-0.25, -0.2) is 0 Å². The first-order valence-electron chi connectivity index (χ1n) is 5.52. The highest BCUT2D eigenvalue weighted by molar-refractivity contribution is 5.86. The molecular formula is C12H26N2O. The lowest BCUT2D eigenvalue weighted by molar-refractivity contribution is -0.121. The fourth-order valence-corrected chi connectivity index (χ4v) is 0.599. The normalized spacial score (nSPS) is 9.87. The molecule has 15 heavy (non-hydrogen) atoms. The molecule has 0 heterocycles. The maximum absolute atomic E-state index is 11.0. The van der Waals surface area contributed by atoms with Gasteiger partial charge >= 0.3 is 0 Å². The summed E-state index contributed by atoms with van der Waals surface area (Å²) in [5.41, 5.74) is 0.592. The summed E-state index contributed by atoms with van der Waals surface area (Å²) in [7, 11) is 4.11. The van der Waals surface area contributed by atoms with Gasteiger partial charge in [0.05, 0.1) is 0 Å². The molecule has 0 saturated heterocycles. The van der Waals surface area contributed by atoms with Crippen molar-refractivity contribution >= 4 is 11.5 Å². The van der Waals surface area contributed by atoms with E-state index in [1.54, 1.807) is 6.92 Å². The summed E-state index contributed by atoms with van der Waals surface area (Å²) in [5.74, 6) is 0.381. The van der Waals surface area contributed by atoms with Crippen molar-refractivity contribution in [3.63, 3.8) is 0 Å². The molecule has 0 rings (SSSR count). The second-order valence-electron chi connectivity index (χ2n) is 4.30. The number of hydrogen-bond donors (Lipinski definition) is 1. The number of nitrogens with zero attached hydrogens (tertiary/aromatic N) is 1. The maximum atomic E-state index is 11.0. The second kappa shape index (κ2) is 9.84. The molecule has 0 amide bonds. The van der Waals surface area contributed by atoms with Gasteiger partial charge in [-0.15, -0.1) is 0 Å². The van der Waals surface area contributed by atoms with E-state index in [1.807, 2.05) is 13.8 Å². The van der Waals surface area contributed by atoms with Crippen LogP contribution in [0.5, 0.6) is 0 Å². The summed E-state index contributed by atoms with van der Waals surface area (Å²) in [6.45, 7) is 8.77. The third kappa shape index (κ3) is 16.0. The number of nitrogens with one attached hydrogen (secondary N) is 1. The molecule has 0 aromatic carbocycles. The van der Waals surface area contributed by atoms with E-state index in [1.165, 1.54) is 0 Å². The van der Waals surface area contributed by atoms with Crippen molar-refractivity contribution < 1.29 is 4.79 Å². The van der Waals surface area contributed by atoms with Gasteiger partial charge in [0.15, 0.2) is 0 Å². The van der Waals surface area contributed by atoms with Crippen LogP contribution in [0.2, 0.25) is 0 Å². The molecule has 90 valence electrons. The number of Topliss-reactive ketones (excluding diaryl/α,β-unsaturated/α-hetero) is 1. The first-order valence-corrected chi connectivity index (χ1v) is 5.52. The predicted molar refractivity (Wildman–Crippen MR) is 66.7 cm³/mol. The van der Waals surface area contributed by atoms with Gasteiger partial charge in [0.1, 0.15) is 5.78 Å². The lowest BCUT2D eigenvalue weighted by Crippen LogP contribution is -2.08. The Hall–Kier alpha value is -0.700. The highest BCUT2D eigenvalue weighted by atomic mass is 16.1. The minimum absolute atomic E-state index is 0.124. The van der Waals surface area contributed by atoms with Crippen LogP contribution < -0.4 is 0 Å². The van der Waals surface area contributed by atoms with Crippen molar-refractivity contribution in [1.29, 1.82) is 5.41 Å². The van der Waals surface area contributed by atoms with E-state index in [9.17, 15) is 4.79 Å². The molecule has 0 aliphatic rings. The van der Waals surface area contributed by atoms with Gasteiger partial charge in [-0.3, -0.25) is 4.79 Å². The van der Waals surface area contributed by atoms with Gasteiger partial charge in [0.2, 0.25) is 0 Å². The fourth-order valence-electron chi connectivity index (χ4n) is 0.599. The Morgan fingerprint density at radius 1 is 1.27 bits per heavy atom. The summed E-state index contributed by atoms with van der Waals surface area (Å²) in [5, 5.41) is 7.08. The van der Waals surface area contributed by atoms with E-state index < -0.39 is 0 Å². The van der Waals surface area contributed by atoms with E-state index in [4.69, 9.17) is 5.41 Å². The van der Waals surface area contributed by atoms with Crippen LogP contribution in [0.15, 0.2) is 0 Å². The molecule has 0 bridgehead atoms. The topological polar surface area (TPSA) is 44.2 Å². The largest absolute Gasteiger partial charge is 0.310 e. The Labute approximate surface area is 94.4 Å². The molecule has 3 nitrogen and oxygen atoms in total. The summed E-state index contributed by atoms with van der Waals surface area (Å²) < 4.78 is 0. The monoisotopic (exact) mass is 214 g/mol. The highest BCUT2D eigenvalue weighted by Crippen LogP contribution is 2.01. The zero-order valence-electron chi connectivity index (χ0n) is 11.1. The lowest BCUT2D eigenvalue weighted by Gasteiger charge is -2.01. The number of rotatable bonds is 5. The summed E-state index contributed by atoms with van der Waals surface area (Å²) in [4.78, 5) is 13.1. The Morgan fingerprint density at radius 3 is 1.87 bits per heavy atom. The Bertz CT molecular complexity index is 186. The molecule has 0 aromatic rings. The van der Waals surface area contributed by atoms with Crippen molar-refractivity contribution in [3.8, 4) is 0 Å². The summed E-state index contributed by atoms with van der Waals surface area (Å²) in [6, 6.07) is 0. The standard InChI is InChI=1S/C8H15NO.C4H11N/c1-6(2)8(10)5-4-7(3)9;1-4-5(2)3/h6,9H,4-5H2,1-3H3;4H2,1-3H3. The minimum Gasteiger partial charge on any atom is -0.310 e. The molecule has 1 N–H and O–H groups in total. The average molecular weight is 214 g/mol. The van der Waals surface area contributed by atoms with Crippen molar-refractivity contribution in [1.82, 2.24) is 4.90 Å².